The highest BCUT2D eigenvalue weighted by Crippen LogP contribution is 2.30. The third kappa shape index (κ3) is 2.82. The van der Waals surface area contributed by atoms with Crippen LogP contribution < -0.4 is 10.6 Å². The number of rotatable bonds is 4. The number of carbonyl (C=O) groups excluding carboxylic acids is 2. The minimum absolute atomic E-state index is 0.0362. The van der Waals surface area contributed by atoms with E-state index in [0.717, 1.165) is 17.7 Å². The molecule has 1 aliphatic rings. The van der Waals surface area contributed by atoms with Gasteiger partial charge in [0.1, 0.15) is 6.54 Å². The Hall–Kier alpha value is -1.88. The van der Waals surface area contributed by atoms with Gasteiger partial charge in [-0.15, -0.1) is 0 Å². The van der Waals surface area contributed by atoms with Crippen molar-refractivity contribution in [1.29, 1.82) is 0 Å². The second kappa shape index (κ2) is 6.05. The van der Waals surface area contributed by atoms with Gasteiger partial charge in [-0.05, 0) is 30.5 Å². The number of carbonyl (C=O) groups is 2. The van der Waals surface area contributed by atoms with Crippen LogP contribution in [0.4, 0.5) is 5.69 Å². The first-order chi connectivity index (χ1) is 9.54. The monoisotopic (exact) mass is 275 g/mol. The highest BCUT2D eigenvalue weighted by atomic mass is 16.2. The minimum atomic E-state index is -0.0421. The average molecular weight is 275 g/mol. The van der Waals surface area contributed by atoms with Gasteiger partial charge < -0.3 is 15.5 Å². The number of nitrogens with two attached hydrogens (primary N) is 1. The van der Waals surface area contributed by atoms with Crippen molar-refractivity contribution in [2.75, 3.05) is 31.6 Å². The third-order valence-corrected chi connectivity index (χ3v) is 3.75. The maximum absolute atomic E-state index is 12.2. The van der Waals surface area contributed by atoms with Gasteiger partial charge in [0, 0.05) is 12.7 Å². The van der Waals surface area contributed by atoms with Crippen molar-refractivity contribution in [2.45, 2.75) is 19.3 Å². The molecule has 2 N–H and O–H groups in total. The molecule has 0 spiro atoms. The van der Waals surface area contributed by atoms with E-state index in [0.29, 0.717) is 6.54 Å². The van der Waals surface area contributed by atoms with E-state index >= 15 is 0 Å². The Morgan fingerprint density at radius 1 is 1.20 bits per heavy atom. The van der Waals surface area contributed by atoms with Gasteiger partial charge in [0.05, 0.1) is 6.54 Å². The van der Waals surface area contributed by atoms with E-state index in [-0.39, 0.29) is 30.8 Å². The number of para-hydroxylation sites is 1. The summed E-state index contributed by atoms with van der Waals surface area (Å²) in [5.41, 5.74) is 7.53. The first-order valence-corrected chi connectivity index (χ1v) is 6.88. The van der Waals surface area contributed by atoms with Gasteiger partial charge in [0.2, 0.25) is 11.8 Å². The molecular weight excluding hydrogens is 254 g/mol. The fourth-order valence-electron chi connectivity index (χ4n) is 2.50. The van der Waals surface area contributed by atoms with E-state index < -0.39 is 0 Å². The molecule has 0 aromatic heterocycles. The Morgan fingerprint density at radius 2 is 1.90 bits per heavy atom. The summed E-state index contributed by atoms with van der Waals surface area (Å²) in [5.74, 6) is 0.184. The summed E-state index contributed by atoms with van der Waals surface area (Å²) in [5, 5.41) is 0. The number of anilines is 1. The van der Waals surface area contributed by atoms with Crippen molar-refractivity contribution >= 4 is 17.5 Å². The summed E-state index contributed by atoms with van der Waals surface area (Å²) < 4.78 is 0. The second-order valence-electron chi connectivity index (χ2n) is 5.27. The topological polar surface area (TPSA) is 66.6 Å². The fourth-order valence-corrected chi connectivity index (χ4v) is 2.50. The molecule has 1 unspecified atom stereocenters. The molecule has 1 aromatic carbocycles. The molecular formula is C15H21N3O2. The molecule has 1 aliphatic heterocycles. The number of nitrogens with zero attached hydrogens (tertiary/aromatic N) is 2. The quantitative estimate of drug-likeness (QED) is 0.889. The van der Waals surface area contributed by atoms with Crippen molar-refractivity contribution in [2.24, 2.45) is 5.73 Å². The molecule has 2 amide bonds. The molecule has 1 fully saturated rings. The van der Waals surface area contributed by atoms with Crippen molar-refractivity contribution < 1.29 is 9.59 Å². The Labute approximate surface area is 119 Å². The lowest BCUT2D eigenvalue weighted by Gasteiger charge is -2.33. The zero-order chi connectivity index (χ0) is 14.7. The van der Waals surface area contributed by atoms with Gasteiger partial charge in [-0.25, -0.2) is 0 Å². The van der Waals surface area contributed by atoms with Crippen LogP contribution in [-0.2, 0) is 9.59 Å². The number of hydrogen-bond acceptors (Lipinski definition) is 3. The minimum Gasteiger partial charge on any atom is -0.335 e. The summed E-state index contributed by atoms with van der Waals surface area (Å²) in [4.78, 5) is 27.1. The Morgan fingerprint density at radius 3 is 2.60 bits per heavy atom. The summed E-state index contributed by atoms with van der Waals surface area (Å²) >= 11 is 0. The van der Waals surface area contributed by atoms with Crippen LogP contribution in [0.3, 0.4) is 0 Å². The van der Waals surface area contributed by atoms with Crippen LogP contribution in [-0.4, -0.2) is 43.4 Å². The van der Waals surface area contributed by atoms with E-state index in [4.69, 9.17) is 5.73 Å². The molecule has 1 heterocycles. The summed E-state index contributed by atoms with van der Waals surface area (Å²) in [7, 11) is 1.65. The first-order valence-electron chi connectivity index (χ1n) is 6.88. The number of likely N-dealkylation sites (N-methyl/N-ethyl adjacent to an activating group) is 1. The van der Waals surface area contributed by atoms with Gasteiger partial charge in [0.25, 0.3) is 0 Å². The van der Waals surface area contributed by atoms with Gasteiger partial charge in [-0.1, -0.05) is 25.1 Å². The predicted molar refractivity (Wildman–Crippen MR) is 78.5 cm³/mol. The molecule has 0 radical (unpaired) electrons. The summed E-state index contributed by atoms with van der Waals surface area (Å²) in [6.45, 7) is 2.94. The molecule has 1 saturated heterocycles. The zero-order valence-corrected chi connectivity index (χ0v) is 12.0. The molecule has 2 rings (SSSR count). The molecule has 1 atom stereocenters. The fraction of sp³-hybridized carbons (Fsp3) is 0.467. The molecule has 0 aliphatic carbocycles. The normalized spacial score (nSPS) is 17.6. The number of benzene rings is 1. The lowest BCUT2D eigenvalue weighted by molar-refractivity contribution is -0.136. The number of piperazine rings is 1. The maximum atomic E-state index is 12.2. The SMILES string of the molecule is CC(CCN)c1ccccc1N1CC(=O)N(C)CC1=O. The van der Waals surface area contributed by atoms with Crippen LogP contribution in [0.5, 0.6) is 0 Å². The average Bonchev–Trinajstić information content (AvgIpc) is 2.43. The molecule has 20 heavy (non-hydrogen) atoms. The van der Waals surface area contributed by atoms with Crippen LogP contribution in [0, 0.1) is 0 Å². The van der Waals surface area contributed by atoms with Gasteiger partial charge in [0.15, 0.2) is 0 Å². The molecule has 1 aromatic rings. The predicted octanol–water partition coefficient (Wildman–Crippen LogP) is 0.944. The number of amides is 2. The van der Waals surface area contributed by atoms with E-state index in [2.05, 4.69) is 6.92 Å². The first kappa shape index (κ1) is 14.5. The van der Waals surface area contributed by atoms with Crippen molar-refractivity contribution in [3.63, 3.8) is 0 Å². The zero-order valence-electron chi connectivity index (χ0n) is 12.0. The molecule has 5 nitrogen and oxygen atoms in total. The number of hydrogen-bond donors (Lipinski definition) is 1. The van der Waals surface area contributed by atoms with E-state index in [1.54, 1.807) is 11.9 Å². The summed E-state index contributed by atoms with van der Waals surface area (Å²) in [6, 6.07) is 7.75. The standard InChI is InChI=1S/C15H21N3O2/c1-11(7-8-16)12-5-3-4-6-13(12)18-10-14(19)17(2)9-15(18)20/h3-6,11H,7-10,16H2,1-2H3. The van der Waals surface area contributed by atoms with E-state index in [9.17, 15) is 9.59 Å². The lowest BCUT2D eigenvalue weighted by Crippen LogP contribution is -2.52. The smallest absolute Gasteiger partial charge is 0.247 e. The molecule has 0 saturated carbocycles. The highest BCUT2D eigenvalue weighted by Gasteiger charge is 2.30. The van der Waals surface area contributed by atoms with Crippen LogP contribution in [0.25, 0.3) is 0 Å². The van der Waals surface area contributed by atoms with Crippen molar-refractivity contribution in [3.05, 3.63) is 29.8 Å². The van der Waals surface area contributed by atoms with Gasteiger partial charge in [-0.2, -0.15) is 0 Å². The van der Waals surface area contributed by atoms with Crippen molar-refractivity contribution in [1.82, 2.24) is 4.90 Å². The largest absolute Gasteiger partial charge is 0.335 e. The van der Waals surface area contributed by atoms with Crippen molar-refractivity contribution in [3.8, 4) is 0 Å². The Balaban J connectivity index is 2.32. The molecule has 108 valence electrons. The maximum Gasteiger partial charge on any atom is 0.247 e. The van der Waals surface area contributed by atoms with Crippen LogP contribution in [0.1, 0.15) is 24.8 Å². The Bertz CT molecular complexity index is 516. The lowest BCUT2D eigenvalue weighted by atomic mass is 9.95. The molecule has 0 bridgehead atoms. The van der Waals surface area contributed by atoms with Gasteiger partial charge >= 0.3 is 0 Å². The van der Waals surface area contributed by atoms with Crippen LogP contribution >= 0.6 is 0 Å². The Kier molecular flexibility index (Phi) is 4.39. The highest BCUT2D eigenvalue weighted by molar-refractivity contribution is 6.04. The van der Waals surface area contributed by atoms with E-state index in [1.165, 1.54) is 4.90 Å². The molecule has 5 heteroatoms. The van der Waals surface area contributed by atoms with Crippen LogP contribution in [0.15, 0.2) is 24.3 Å². The van der Waals surface area contributed by atoms with Gasteiger partial charge in [-0.3, -0.25) is 9.59 Å². The second-order valence-corrected chi connectivity index (χ2v) is 5.27. The van der Waals surface area contributed by atoms with E-state index in [1.807, 2.05) is 24.3 Å². The summed E-state index contributed by atoms with van der Waals surface area (Å²) in [6.07, 6.45) is 0.854. The third-order valence-electron chi connectivity index (χ3n) is 3.75. The van der Waals surface area contributed by atoms with Crippen LogP contribution in [0.2, 0.25) is 0 Å².